The highest BCUT2D eigenvalue weighted by Gasteiger charge is 2.11. The number of Topliss-reactive ketones (excluding diaryl/α,β-unsaturated/α-hetero) is 1. The molecule has 13 heavy (non-hydrogen) atoms. The quantitative estimate of drug-likeness (QED) is 0.527. The molecule has 0 amide bonds. The predicted octanol–water partition coefficient (Wildman–Crippen LogP) is 2.32. The van der Waals surface area contributed by atoms with E-state index in [4.69, 9.17) is 4.42 Å². The Hall–Kier alpha value is -1.38. The van der Waals surface area contributed by atoms with Crippen LogP contribution in [-0.4, -0.2) is 12.1 Å². The molecule has 0 aliphatic heterocycles. The molecule has 0 saturated heterocycles. The summed E-state index contributed by atoms with van der Waals surface area (Å²) < 4.78 is 4.83. The predicted molar refractivity (Wildman–Crippen MR) is 47.9 cm³/mol. The number of carbonyl (C=O) groups excluding carboxylic acids is 2. The molecule has 3 nitrogen and oxygen atoms in total. The van der Waals surface area contributed by atoms with Gasteiger partial charge in [0.25, 0.3) is 0 Å². The van der Waals surface area contributed by atoms with Crippen molar-refractivity contribution in [2.45, 2.75) is 20.3 Å². The number of hydrogen-bond donors (Lipinski definition) is 0. The summed E-state index contributed by atoms with van der Waals surface area (Å²) in [6.07, 6.45) is 2.40. The summed E-state index contributed by atoms with van der Waals surface area (Å²) in [5.41, 5.74) is 0.482. The van der Waals surface area contributed by atoms with Gasteiger partial charge in [-0.2, -0.15) is 0 Å². The molecule has 0 fully saturated rings. The first-order chi connectivity index (χ1) is 6.13. The summed E-state index contributed by atoms with van der Waals surface area (Å²) in [7, 11) is 0. The third kappa shape index (κ3) is 2.54. The van der Waals surface area contributed by atoms with Gasteiger partial charge in [-0.25, -0.2) is 0 Å². The molecule has 0 atom stereocenters. The lowest BCUT2D eigenvalue weighted by Crippen LogP contribution is -2.01. The van der Waals surface area contributed by atoms with E-state index in [1.165, 1.54) is 12.3 Å². The fourth-order valence-electron chi connectivity index (χ4n) is 1.05. The third-order valence-electron chi connectivity index (χ3n) is 1.65. The maximum absolute atomic E-state index is 11.4. The lowest BCUT2D eigenvalue weighted by atomic mass is 10.0. The average molecular weight is 180 g/mol. The molecule has 1 aromatic rings. The zero-order chi connectivity index (χ0) is 9.84. The van der Waals surface area contributed by atoms with Crippen LogP contribution in [0.15, 0.2) is 16.7 Å². The van der Waals surface area contributed by atoms with Crippen LogP contribution >= 0.6 is 0 Å². The van der Waals surface area contributed by atoms with E-state index >= 15 is 0 Å². The van der Waals surface area contributed by atoms with Crippen molar-refractivity contribution in [2.75, 3.05) is 0 Å². The zero-order valence-electron chi connectivity index (χ0n) is 7.74. The van der Waals surface area contributed by atoms with Crippen molar-refractivity contribution < 1.29 is 14.0 Å². The Morgan fingerprint density at radius 2 is 2.31 bits per heavy atom. The van der Waals surface area contributed by atoms with Crippen molar-refractivity contribution in [3.05, 3.63) is 23.7 Å². The molecular formula is C10H12O3. The van der Waals surface area contributed by atoms with E-state index in [-0.39, 0.29) is 11.5 Å². The lowest BCUT2D eigenvalue weighted by Gasteiger charge is -1.99. The normalized spacial score (nSPS) is 10.4. The average Bonchev–Trinajstić information content (AvgIpc) is 2.50. The first kappa shape index (κ1) is 9.71. The Bertz CT molecular complexity index is 310. The van der Waals surface area contributed by atoms with E-state index in [1.807, 2.05) is 13.8 Å². The molecule has 1 heterocycles. The van der Waals surface area contributed by atoms with Gasteiger partial charge >= 0.3 is 0 Å². The molecule has 0 saturated carbocycles. The number of ketones is 1. The summed E-state index contributed by atoms with van der Waals surface area (Å²) >= 11 is 0. The topological polar surface area (TPSA) is 47.3 Å². The Morgan fingerprint density at radius 3 is 2.77 bits per heavy atom. The maximum Gasteiger partial charge on any atom is 0.185 e. The fraction of sp³-hybridized carbons (Fsp3) is 0.400. The third-order valence-corrected chi connectivity index (χ3v) is 1.65. The second-order valence-electron chi connectivity index (χ2n) is 3.38. The van der Waals surface area contributed by atoms with Gasteiger partial charge in [-0.05, 0) is 12.0 Å². The molecule has 0 spiro atoms. The standard InChI is InChI=1S/C10H12O3/c1-7(2)3-10(12)8-4-9(5-11)13-6-8/h4-7H,3H2,1-2H3. The van der Waals surface area contributed by atoms with Crippen LogP contribution < -0.4 is 0 Å². The molecule has 1 aromatic heterocycles. The van der Waals surface area contributed by atoms with E-state index in [0.29, 0.717) is 24.2 Å². The molecule has 1 rings (SSSR count). The van der Waals surface area contributed by atoms with Crippen LogP contribution in [0, 0.1) is 5.92 Å². The molecule has 0 N–H and O–H groups in total. The van der Waals surface area contributed by atoms with Gasteiger partial charge in [-0.1, -0.05) is 13.8 Å². The maximum atomic E-state index is 11.4. The summed E-state index contributed by atoms with van der Waals surface area (Å²) in [4.78, 5) is 21.7. The Labute approximate surface area is 76.7 Å². The highest BCUT2D eigenvalue weighted by atomic mass is 16.3. The molecular weight excluding hydrogens is 168 g/mol. The highest BCUT2D eigenvalue weighted by molar-refractivity contribution is 5.96. The summed E-state index contributed by atoms with van der Waals surface area (Å²) in [6, 6.07) is 1.47. The first-order valence-corrected chi connectivity index (χ1v) is 4.20. The van der Waals surface area contributed by atoms with Crippen LogP contribution in [0.5, 0.6) is 0 Å². The molecule has 0 aliphatic rings. The molecule has 70 valence electrons. The van der Waals surface area contributed by atoms with Gasteiger partial charge in [0.2, 0.25) is 0 Å². The van der Waals surface area contributed by atoms with E-state index in [0.717, 1.165) is 0 Å². The Morgan fingerprint density at radius 1 is 1.62 bits per heavy atom. The SMILES string of the molecule is CC(C)CC(=O)c1coc(C=O)c1. The van der Waals surface area contributed by atoms with Crippen LogP contribution in [0.25, 0.3) is 0 Å². The Kier molecular flexibility index (Phi) is 3.01. The van der Waals surface area contributed by atoms with Gasteiger partial charge in [0.1, 0.15) is 6.26 Å². The molecule has 0 radical (unpaired) electrons. The minimum Gasteiger partial charge on any atom is -0.461 e. The molecule has 0 aromatic carbocycles. The van der Waals surface area contributed by atoms with Crippen molar-refractivity contribution in [1.82, 2.24) is 0 Å². The largest absolute Gasteiger partial charge is 0.461 e. The summed E-state index contributed by atoms with van der Waals surface area (Å²) in [5, 5.41) is 0. The molecule has 0 unspecified atom stereocenters. The minimum absolute atomic E-state index is 0.0202. The summed E-state index contributed by atoms with van der Waals surface area (Å²) in [6.45, 7) is 3.94. The van der Waals surface area contributed by atoms with Crippen molar-refractivity contribution >= 4 is 12.1 Å². The van der Waals surface area contributed by atoms with E-state index in [2.05, 4.69) is 0 Å². The number of furan rings is 1. The van der Waals surface area contributed by atoms with E-state index < -0.39 is 0 Å². The second-order valence-corrected chi connectivity index (χ2v) is 3.38. The van der Waals surface area contributed by atoms with Crippen molar-refractivity contribution in [3.8, 4) is 0 Å². The van der Waals surface area contributed by atoms with Crippen LogP contribution in [-0.2, 0) is 0 Å². The smallest absolute Gasteiger partial charge is 0.185 e. The van der Waals surface area contributed by atoms with Gasteiger partial charge in [0.15, 0.2) is 17.8 Å². The molecule has 3 heteroatoms. The zero-order valence-corrected chi connectivity index (χ0v) is 7.74. The minimum atomic E-state index is 0.0202. The van der Waals surface area contributed by atoms with E-state index in [9.17, 15) is 9.59 Å². The summed E-state index contributed by atoms with van der Waals surface area (Å²) in [5.74, 6) is 0.543. The van der Waals surface area contributed by atoms with E-state index in [1.54, 1.807) is 0 Å². The lowest BCUT2D eigenvalue weighted by molar-refractivity contribution is 0.0967. The van der Waals surface area contributed by atoms with Crippen LogP contribution in [0.3, 0.4) is 0 Å². The van der Waals surface area contributed by atoms with Crippen molar-refractivity contribution in [2.24, 2.45) is 5.92 Å². The van der Waals surface area contributed by atoms with Crippen molar-refractivity contribution in [3.63, 3.8) is 0 Å². The van der Waals surface area contributed by atoms with Crippen molar-refractivity contribution in [1.29, 1.82) is 0 Å². The van der Waals surface area contributed by atoms with Crippen LogP contribution in [0.4, 0.5) is 0 Å². The van der Waals surface area contributed by atoms with Gasteiger partial charge in [0, 0.05) is 6.42 Å². The number of hydrogen-bond acceptors (Lipinski definition) is 3. The molecule has 0 aliphatic carbocycles. The Balaban J connectivity index is 2.71. The van der Waals surface area contributed by atoms with Gasteiger partial charge in [-0.3, -0.25) is 9.59 Å². The number of aldehydes is 1. The molecule has 0 bridgehead atoms. The first-order valence-electron chi connectivity index (χ1n) is 4.20. The van der Waals surface area contributed by atoms with Gasteiger partial charge in [-0.15, -0.1) is 0 Å². The number of rotatable bonds is 4. The van der Waals surface area contributed by atoms with Crippen LogP contribution in [0.1, 0.15) is 41.2 Å². The number of carbonyl (C=O) groups is 2. The monoisotopic (exact) mass is 180 g/mol. The van der Waals surface area contributed by atoms with Gasteiger partial charge in [0.05, 0.1) is 5.56 Å². The van der Waals surface area contributed by atoms with Gasteiger partial charge < -0.3 is 4.42 Å². The highest BCUT2D eigenvalue weighted by Crippen LogP contribution is 2.11. The van der Waals surface area contributed by atoms with Crippen LogP contribution in [0.2, 0.25) is 0 Å². The second kappa shape index (κ2) is 4.03. The fourth-order valence-corrected chi connectivity index (χ4v) is 1.05.